The second-order valence-electron chi connectivity index (χ2n) is 3.78. The second-order valence-corrected chi connectivity index (χ2v) is 5.49. The van der Waals surface area contributed by atoms with E-state index < -0.39 is 28.2 Å². The molecular formula is C10H14ClF3N2O3S. The first-order valence-electron chi connectivity index (χ1n) is 5.22. The molecule has 0 saturated heterocycles. The van der Waals surface area contributed by atoms with Crippen LogP contribution in [0.2, 0.25) is 0 Å². The minimum atomic E-state index is -4.87. The zero-order valence-corrected chi connectivity index (χ0v) is 12.0. The molecule has 0 aliphatic rings. The molecule has 0 aliphatic carbocycles. The van der Waals surface area contributed by atoms with Crippen molar-refractivity contribution in [3.8, 4) is 5.75 Å². The maximum atomic E-state index is 12.0. The normalized spacial score (nSPS) is 13.4. The lowest BCUT2D eigenvalue weighted by Crippen LogP contribution is -2.37. The summed E-state index contributed by atoms with van der Waals surface area (Å²) in [5, 5.41) is 0. The Kier molecular flexibility index (Phi) is 6.75. The van der Waals surface area contributed by atoms with Crippen molar-refractivity contribution in [2.45, 2.75) is 24.2 Å². The standard InChI is InChI=1S/C10H13F3N2O3S.ClH/c1-7(6-14)15-19(16,17)9-4-2-3-8(5-9)18-10(11,12)13;/h2-5,7,15H,6,14H2,1H3;1H/t7-;/m0./s1. The first-order chi connectivity index (χ1) is 8.64. The summed E-state index contributed by atoms with van der Waals surface area (Å²) >= 11 is 0. The van der Waals surface area contributed by atoms with E-state index in [4.69, 9.17) is 5.73 Å². The van der Waals surface area contributed by atoms with Crippen LogP contribution in [0.5, 0.6) is 5.75 Å². The number of nitrogens with one attached hydrogen (secondary N) is 1. The van der Waals surface area contributed by atoms with Gasteiger partial charge in [0, 0.05) is 18.7 Å². The van der Waals surface area contributed by atoms with Gasteiger partial charge in [-0.1, -0.05) is 6.07 Å². The lowest BCUT2D eigenvalue weighted by Gasteiger charge is -2.13. The van der Waals surface area contributed by atoms with Gasteiger partial charge in [0.2, 0.25) is 10.0 Å². The van der Waals surface area contributed by atoms with Gasteiger partial charge in [-0.05, 0) is 19.1 Å². The fourth-order valence-electron chi connectivity index (χ4n) is 1.22. The molecule has 20 heavy (non-hydrogen) atoms. The van der Waals surface area contributed by atoms with E-state index in [1.165, 1.54) is 6.92 Å². The van der Waals surface area contributed by atoms with Crippen molar-refractivity contribution in [2.75, 3.05) is 6.54 Å². The Morgan fingerprint density at radius 1 is 1.40 bits per heavy atom. The summed E-state index contributed by atoms with van der Waals surface area (Å²) in [6.45, 7) is 1.60. The van der Waals surface area contributed by atoms with Gasteiger partial charge in [-0.2, -0.15) is 0 Å². The topological polar surface area (TPSA) is 81.4 Å². The average Bonchev–Trinajstić information content (AvgIpc) is 2.26. The Bertz CT molecular complexity index is 537. The van der Waals surface area contributed by atoms with Gasteiger partial charge in [0.15, 0.2) is 0 Å². The largest absolute Gasteiger partial charge is 0.573 e. The molecule has 0 unspecified atom stereocenters. The highest BCUT2D eigenvalue weighted by Crippen LogP contribution is 2.24. The lowest BCUT2D eigenvalue weighted by atomic mass is 10.3. The van der Waals surface area contributed by atoms with E-state index in [-0.39, 0.29) is 23.8 Å². The summed E-state index contributed by atoms with van der Waals surface area (Å²) in [5.74, 6) is -0.601. The quantitative estimate of drug-likeness (QED) is 0.857. The third-order valence-corrected chi connectivity index (χ3v) is 3.65. The summed E-state index contributed by atoms with van der Waals surface area (Å²) in [5.41, 5.74) is 5.27. The van der Waals surface area contributed by atoms with Crippen molar-refractivity contribution in [3.05, 3.63) is 24.3 Å². The molecule has 0 radical (unpaired) electrons. The SMILES string of the molecule is C[C@@H](CN)NS(=O)(=O)c1cccc(OC(F)(F)F)c1.Cl. The number of rotatable bonds is 5. The van der Waals surface area contributed by atoms with E-state index >= 15 is 0 Å². The van der Waals surface area contributed by atoms with Gasteiger partial charge in [-0.15, -0.1) is 25.6 Å². The molecule has 10 heteroatoms. The summed E-state index contributed by atoms with van der Waals surface area (Å²) < 4.78 is 65.6. The van der Waals surface area contributed by atoms with Gasteiger partial charge in [0.05, 0.1) is 4.90 Å². The molecule has 0 amide bonds. The zero-order chi connectivity index (χ0) is 14.7. The number of nitrogens with two attached hydrogens (primary N) is 1. The van der Waals surface area contributed by atoms with Gasteiger partial charge in [-0.25, -0.2) is 13.1 Å². The number of hydrogen-bond donors (Lipinski definition) is 2. The fourth-order valence-corrected chi connectivity index (χ4v) is 2.51. The van der Waals surface area contributed by atoms with Gasteiger partial charge in [0.1, 0.15) is 5.75 Å². The lowest BCUT2D eigenvalue weighted by molar-refractivity contribution is -0.274. The van der Waals surface area contributed by atoms with Crippen LogP contribution in [0.3, 0.4) is 0 Å². The Morgan fingerprint density at radius 3 is 2.50 bits per heavy atom. The Morgan fingerprint density at radius 2 is 2.00 bits per heavy atom. The molecule has 116 valence electrons. The fraction of sp³-hybridized carbons (Fsp3) is 0.400. The predicted octanol–water partition coefficient (Wildman–Crippen LogP) is 1.63. The molecule has 5 nitrogen and oxygen atoms in total. The maximum Gasteiger partial charge on any atom is 0.573 e. The predicted molar refractivity (Wildman–Crippen MR) is 69.2 cm³/mol. The molecule has 1 rings (SSSR count). The summed E-state index contributed by atoms with van der Waals surface area (Å²) in [6.07, 6.45) is -4.87. The van der Waals surface area contributed by atoms with E-state index in [2.05, 4.69) is 9.46 Å². The van der Waals surface area contributed by atoms with Crippen LogP contribution in [0.25, 0.3) is 0 Å². The van der Waals surface area contributed by atoms with Gasteiger partial charge in [0.25, 0.3) is 0 Å². The van der Waals surface area contributed by atoms with Crippen LogP contribution >= 0.6 is 12.4 Å². The highest BCUT2D eigenvalue weighted by atomic mass is 35.5. The molecule has 1 aromatic carbocycles. The van der Waals surface area contributed by atoms with Crippen molar-refractivity contribution in [2.24, 2.45) is 5.73 Å². The Balaban J connectivity index is 0.00000361. The summed E-state index contributed by atoms with van der Waals surface area (Å²) in [6, 6.07) is 3.59. The van der Waals surface area contributed by atoms with Crippen LogP contribution in [-0.2, 0) is 10.0 Å². The molecule has 1 atom stereocenters. The van der Waals surface area contributed by atoms with Crippen molar-refractivity contribution in [1.29, 1.82) is 0 Å². The van der Waals surface area contributed by atoms with E-state index in [1.807, 2.05) is 0 Å². The first-order valence-corrected chi connectivity index (χ1v) is 6.70. The van der Waals surface area contributed by atoms with Crippen LogP contribution in [0, 0.1) is 0 Å². The van der Waals surface area contributed by atoms with E-state index in [0.29, 0.717) is 0 Å². The second kappa shape index (κ2) is 7.11. The molecule has 0 aliphatic heterocycles. The molecular weight excluding hydrogens is 321 g/mol. The maximum absolute atomic E-state index is 12.0. The van der Waals surface area contributed by atoms with Gasteiger partial charge >= 0.3 is 6.36 Å². The van der Waals surface area contributed by atoms with Crippen LogP contribution in [0.1, 0.15) is 6.92 Å². The first kappa shape index (κ1) is 19.0. The zero-order valence-electron chi connectivity index (χ0n) is 10.3. The van der Waals surface area contributed by atoms with E-state index in [0.717, 1.165) is 24.3 Å². The van der Waals surface area contributed by atoms with Gasteiger partial charge in [-0.3, -0.25) is 0 Å². The smallest absolute Gasteiger partial charge is 0.406 e. The number of halogens is 4. The monoisotopic (exact) mass is 334 g/mol. The average molecular weight is 335 g/mol. The van der Waals surface area contributed by atoms with Crippen LogP contribution in [0.4, 0.5) is 13.2 Å². The molecule has 0 spiro atoms. The van der Waals surface area contributed by atoms with Crippen molar-refractivity contribution < 1.29 is 26.3 Å². The van der Waals surface area contributed by atoms with E-state index in [1.54, 1.807) is 0 Å². The van der Waals surface area contributed by atoms with Crippen molar-refractivity contribution in [1.82, 2.24) is 4.72 Å². The number of benzene rings is 1. The Hall–Kier alpha value is -1.03. The Labute approximate surface area is 120 Å². The minimum absolute atomic E-state index is 0. The van der Waals surface area contributed by atoms with Crippen LogP contribution < -0.4 is 15.2 Å². The minimum Gasteiger partial charge on any atom is -0.406 e. The van der Waals surface area contributed by atoms with Crippen molar-refractivity contribution >= 4 is 22.4 Å². The number of ether oxygens (including phenoxy) is 1. The summed E-state index contributed by atoms with van der Waals surface area (Å²) in [7, 11) is -3.93. The highest BCUT2D eigenvalue weighted by Gasteiger charge is 2.31. The van der Waals surface area contributed by atoms with Crippen LogP contribution in [0.15, 0.2) is 29.2 Å². The van der Waals surface area contributed by atoms with E-state index in [9.17, 15) is 21.6 Å². The van der Waals surface area contributed by atoms with Crippen LogP contribution in [-0.4, -0.2) is 27.4 Å². The molecule has 0 heterocycles. The molecule has 0 aromatic heterocycles. The summed E-state index contributed by atoms with van der Waals surface area (Å²) in [4.78, 5) is -0.324. The number of alkyl halides is 3. The van der Waals surface area contributed by atoms with Gasteiger partial charge < -0.3 is 10.5 Å². The van der Waals surface area contributed by atoms with Crippen molar-refractivity contribution in [3.63, 3.8) is 0 Å². The molecule has 3 N–H and O–H groups in total. The number of hydrogen-bond acceptors (Lipinski definition) is 4. The number of sulfonamides is 1. The third-order valence-electron chi connectivity index (χ3n) is 2.06. The third kappa shape index (κ3) is 5.95. The highest BCUT2D eigenvalue weighted by molar-refractivity contribution is 7.89. The molecule has 0 fully saturated rings. The molecule has 0 bridgehead atoms. The molecule has 1 aromatic rings. The molecule has 0 saturated carbocycles.